The van der Waals surface area contributed by atoms with Crippen LogP contribution in [0.25, 0.3) is 0 Å². The number of alkyl halides is 1. The predicted octanol–water partition coefficient (Wildman–Crippen LogP) is 1.61. The van der Waals surface area contributed by atoms with Gasteiger partial charge in [0.25, 0.3) is 0 Å². The van der Waals surface area contributed by atoms with Crippen molar-refractivity contribution in [1.82, 2.24) is 9.55 Å². The Kier molecular flexibility index (Phi) is 3.75. The molecule has 1 unspecified atom stereocenters. The van der Waals surface area contributed by atoms with Gasteiger partial charge < -0.3 is 9.67 Å². The van der Waals surface area contributed by atoms with Crippen LogP contribution in [0.3, 0.4) is 0 Å². The van der Waals surface area contributed by atoms with E-state index in [0.717, 1.165) is 5.82 Å². The van der Waals surface area contributed by atoms with Gasteiger partial charge in [-0.3, -0.25) is 0 Å². The highest BCUT2D eigenvalue weighted by atomic mass is 35.5. The molecule has 0 aliphatic heterocycles. The molecule has 4 heteroatoms. The summed E-state index contributed by atoms with van der Waals surface area (Å²) in [7, 11) is 0. The van der Waals surface area contributed by atoms with E-state index >= 15 is 0 Å². The zero-order valence-corrected chi connectivity index (χ0v) is 8.70. The second-order valence-corrected chi connectivity index (χ2v) is 3.71. The monoisotopic (exact) mass is 202 g/mol. The summed E-state index contributed by atoms with van der Waals surface area (Å²) in [6, 6.07) is 0. The Hall–Kier alpha value is -0.540. The number of nitrogens with zero attached hydrogens (tertiary/aromatic N) is 2. The van der Waals surface area contributed by atoms with Crippen molar-refractivity contribution in [2.45, 2.75) is 32.4 Å². The smallest absolute Gasteiger partial charge is 0.111 e. The van der Waals surface area contributed by atoms with Crippen LogP contribution in [0, 0.1) is 0 Å². The molecule has 0 amide bonds. The Balaban J connectivity index is 2.70. The topological polar surface area (TPSA) is 38.0 Å². The van der Waals surface area contributed by atoms with Gasteiger partial charge >= 0.3 is 0 Å². The van der Waals surface area contributed by atoms with Gasteiger partial charge in [-0.15, -0.1) is 11.6 Å². The molecule has 1 heterocycles. The minimum Gasteiger partial charge on any atom is -0.390 e. The van der Waals surface area contributed by atoms with E-state index in [-0.39, 0.29) is 5.88 Å². The van der Waals surface area contributed by atoms with Crippen LogP contribution in [0.4, 0.5) is 0 Å². The minimum atomic E-state index is -0.492. The summed E-state index contributed by atoms with van der Waals surface area (Å²) >= 11 is 5.52. The molecule has 1 rings (SSSR count). The fourth-order valence-corrected chi connectivity index (χ4v) is 1.35. The van der Waals surface area contributed by atoms with Crippen molar-refractivity contribution < 1.29 is 5.11 Å². The molecular formula is C9H15ClN2O. The standard InChI is InChI=1S/C9H15ClN2O/c1-7(2)9-11-3-4-12(9)6-8(13)5-10/h3-4,7-8,13H,5-6H2,1-2H3. The maximum Gasteiger partial charge on any atom is 0.111 e. The second-order valence-electron chi connectivity index (χ2n) is 3.40. The first-order chi connectivity index (χ1) is 6.15. The van der Waals surface area contributed by atoms with Gasteiger partial charge in [-0.1, -0.05) is 13.8 Å². The Morgan fingerprint density at radius 2 is 2.31 bits per heavy atom. The third-order valence-electron chi connectivity index (χ3n) is 1.85. The lowest BCUT2D eigenvalue weighted by atomic mass is 10.2. The summed E-state index contributed by atoms with van der Waals surface area (Å²) in [6.45, 7) is 4.68. The summed E-state index contributed by atoms with van der Waals surface area (Å²) in [5.41, 5.74) is 0. The van der Waals surface area contributed by atoms with E-state index in [1.165, 1.54) is 0 Å². The number of hydrogen-bond acceptors (Lipinski definition) is 2. The molecule has 1 N–H and O–H groups in total. The van der Waals surface area contributed by atoms with E-state index in [4.69, 9.17) is 11.6 Å². The van der Waals surface area contributed by atoms with Crippen molar-refractivity contribution in [3.05, 3.63) is 18.2 Å². The number of hydrogen-bond donors (Lipinski definition) is 1. The first-order valence-corrected chi connectivity index (χ1v) is 4.93. The fraction of sp³-hybridized carbons (Fsp3) is 0.667. The number of aromatic nitrogens is 2. The minimum absolute atomic E-state index is 0.260. The third kappa shape index (κ3) is 2.71. The van der Waals surface area contributed by atoms with Crippen LogP contribution in [0.5, 0.6) is 0 Å². The van der Waals surface area contributed by atoms with Crippen LogP contribution in [-0.4, -0.2) is 26.6 Å². The van der Waals surface area contributed by atoms with E-state index in [9.17, 15) is 5.11 Å². The maximum absolute atomic E-state index is 9.36. The Morgan fingerprint density at radius 3 is 2.85 bits per heavy atom. The van der Waals surface area contributed by atoms with Gasteiger partial charge in [0.15, 0.2) is 0 Å². The molecule has 0 aliphatic carbocycles. The summed E-state index contributed by atoms with van der Waals surface area (Å²) in [5, 5.41) is 9.36. The molecule has 0 aliphatic rings. The second kappa shape index (κ2) is 4.63. The SMILES string of the molecule is CC(C)c1nccn1CC(O)CCl. The average molecular weight is 203 g/mol. The van der Waals surface area contributed by atoms with Crippen LogP contribution in [0.1, 0.15) is 25.6 Å². The molecule has 1 aromatic rings. The van der Waals surface area contributed by atoms with Crippen LogP contribution in [-0.2, 0) is 6.54 Å². The normalized spacial score (nSPS) is 13.6. The van der Waals surface area contributed by atoms with E-state index in [2.05, 4.69) is 18.8 Å². The van der Waals surface area contributed by atoms with E-state index in [0.29, 0.717) is 12.5 Å². The van der Waals surface area contributed by atoms with Crippen molar-refractivity contribution in [3.8, 4) is 0 Å². The lowest BCUT2D eigenvalue weighted by molar-refractivity contribution is 0.175. The molecule has 1 aromatic heterocycles. The molecule has 74 valence electrons. The molecule has 0 saturated carbocycles. The van der Waals surface area contributed by atoms with Gasteiger partial charge in [0.2, 0.25) is 0 Å². The van der Waals surface area contributed by atoms with Crippen molar-refractivity contribution in [3.63, 3.8) is 0 Å². The first-order valence-electron chi connectivity index (χ1n) is 4.40. The highest BCUT2D eigenvalue weighted by molar-refractivity contribution is 6.18. The molecule has 0 bridgehead atoms. The number of rotatable bonds is 4. The Morgan fingerprint density at radius 1 is 1.62 bits per heavy atom. The molecule has 3 nitrogen and oxygen atoms in total. The molecule has 1 atom stereocenters. The molecule has 13 heavy (non-hydrogen) atoms. The van der Waals surface area contributed by atoms with Gasteiger partial charge in [-0.2, -0.15) is 0 Å². The molecule has 0 radical (unpaired) electrons. The summed E-state index contributed by atoms with van der Waals surface area (Å²) in [6.07, 6.45) is 3.12. The number of aliphatic hydroxyl groups is 1. The van der Waals surface area contributed by atoms with Gasteiger partial charge in [0, 0.05) is 18.3 Å². The highest BCUT2D eigenvalue weighted by Crippen LogP contribution is 2.12. The maximum atomic E-state index is 9.36. The summed E-state index contributed by atoms with van der Waals surface area (Å²) in [4.78, 5) is 4.21. The Bertz CT molecular complexity index is 260. The lowest BCUT2D eigenvalue weighted by Gasteiger charge is -2.12. The Labute approximate surface area is 83.4 Å². The van der Waals surface area contributed by atoms with E-state index in [1.807, 2.05) is 10.8 Å². The lowest BCUT2D eigenvalue weighted by Crippen LogP contribution is -2.19. The average Bonchev–Trinajstić information content (AvgIpc) is 2.52. The number of halogens is 1. The van der Waals surface area contributed by atoms with Crippen LogP contribution >= 0.6 is 11.6 Å². The number of imidazole rings is 1. The molecule has 0 fully saturated rings. The van der Waals surface area contributed by atoms with Crippen molar-refractivity contribution in [2.24, 2.45) is 0 Å². The largest absolute Gasteiger partial charge is 0.390 e. The van der Waals surface area contributed by atoms with Crippen LogP contribution < -0.4 is 0 Å². The van der Waals surface area contributed by atoms with E-state index < -0.39 is 6.10 Å². The zero-order valence-electron chi connectivity index (χ0n) is 7.94. The molecule has 0 saturated heterocycles. The van der Waals surface area contributed by atoms with Gasteiger partial charge in [0.1, 0.15) is 5.82 Å². The van der Waals surface area contributed by atoms with Crippen LogP contribution in [0.15, 0.2) is 12.4 Å². The van der Waals surface area contributed by atoms with E-state index in [1.54, 1.807) is 6.20 Å². The van der Waals surface area contributed by atoms with Crippen molar-refractivity contribution >= 4 is 11.6 Å². The van der Waals surface area contributed by atoms with Gasteiger partial charge in [-0.05, 0) is 0 Å². The first kappa shape index (κ1) is 10.5. The highest BCUT2D eigenvalue weighted by Gasteiger charge is 2.10. The predicted molar refractivity (Wildman–Crippen MR) is 53.0 cm³/mol. The third-order valence-corrected chi connectivity index (χ3v) is 2.21. The quantitative estimate of drug-likeness (QED) is 0.754. The van der Waals surface area contributed by atoms with Gasteiger partial charge in [-0.25, -0.2) is 4.98 Å². The van der Waals surface area contributed by atoms with Crippen LogP contribution in [0.2, 0.25) is 0 Å². The summed E-state index contributed by atoms with van der Waals surface area (Å²) in [5.74, 6) is 1.62. The molecule has 0 aromatic carbocycles. The van der Waals surface area contributed by atoms with Gasteiger partial charge in [0.05, 0.1) is 18.5 Å². The number of aliphatic hydroxyl groups excluding tert-OH is 1. The van der Waals surface area contributed by atoms with Crippen molar-refractivity contribution in [1.29, 1.82) is 0 Å². The zero-order chi connectivity index (χ0) is 9.84. The van der Waals surface area contributed by atoms with Crippen molar-refractivity contribution in [2.75, 3.05) is 5.88 Å². The molecular weight excluding hydrogens is 188 g/mol. The summed E-state index contributed by atoms with van der Waals surface area (Å²) < 4.78 is 1.94. The fourth-order valence-electron chi connectivity index (χ4n) is 1.25. The molecule has 0 spiro atoms.